The number of aromatic nitrogens is 5. The fourth-order valence-electron chi connectivity index (χ4n) is 3.18. The van der Waals surface area contributed by atoms with Gasteiger partial charge in [-0.2, -0.15) is 14.7 Å². The van der Waals surface area contributed by atoms with E-state index in [9.17, 15) is 9.59 Å². The molecule has 0 atom stereocenters. The Labute approximate surface area is 199 Å². The van der Waals surface area contributed by atoms with E-state index in [2.05, 4.69) is 15.2 Å². The molecule has 0 aliphatic rings. The van der Waals surface area contributed by atoms with E-state index in [1.54, 1.807) is 10.8 Å². The second kappa shape index (κ2) is 9.68. The predicted molar refractivity (Wildman–Crippen MR) is 128 cm³/mol. The van der Waals surface area contributed by atoms with Crippen LogP contribution in [0.25, 0.3) is 11.0 Å². The topological polar surface area (TPSA) is 91.4 Å². The van der Waals surface area contributed by atoms with Crippen molar-refractivity contribution in [2.75, 3.05) is 0 Å². The minimum Gasteiger partial charge on any atom is -0.456 e. The highest BCUT2D eigenvalue weighted by atomic mass is 35.5. The fourth-order valence-corrected chi connectivity index (χ4v) is 4.34. The predicted octanol–water partition coefficient (Wildman–Crippen LogP) is 3.99. The Morgan fingerprint density at radius 3 is 2.70 bits per heavy atom. The van der Waals surface area contributed by atoms with Gasteiger partial charge < -0.3 is 4.74 Å². The van der Waals surface area contributed by atoms with Crippen LogP contribution in [-0.2, 0) is 29.1 Å². The third-order valence-corrected chi connectivity index (χ3v) is 6.40. The smallest absolute Gasteiger partial charge is 0.331 e. The molecule has 3 heterocycles. The Morgan fingerprint density at radius 1 is 1.21 bits per heavy atom. The van der Waals surface area contributed by atoms with Gasteiger partial charge in [0.1, 0.15) is 16.8 Å². The number of benzene rings is 1. The van der Waals surface area contributed by atoms with Gasteiger partial charge in [0, 0.05) is 17.7 Å². The fraction of sp³-hybridized carbons (Fsp3) is 0.261. The summed E-state index contributed by atoms with van der Waals surface area (Å²) in [5.74, 6) is -0.572. The van der Waals surface area contributed by atoms with E-state index >= 15 is 0 Å². The molecule has 0 saturated carbocycles. The molecule has 0 saturated heterocycles. The van der Waals surface area contributed by atoms with Crippen LogP contribution in [0.4, 0.5) is 0 Å². The van der Waals surface area contributed by atoms with Crippen molar-refractivity contribution < 1.29 is 9.53 Å². The molecule has 170 valence electrons. The molecular formula is C23H22ClN5O3S. The van der Waals surface area contributed by atoms with Crippen molar-refractivity contribution in [1.82, 2.24) is 24.4 Å². The number of halogens is 1. The number of carbonyl (C=O) groups is 1. The standard InChI is InChI=1S/C23H22ClN5O3S/c1-4-19-27-29-20(30)11-17(25-23(29)33-19)13-32-21(31)10-9-18-15(3)26-28(22(18)24)12-16-7-5-14(2)6-8-16/h5-11H,4,12-13H2,1-3H3/b10-9+. The SMILES string of the molecule is CCc1nn2c(=O)cc(COC(=O)/C=C/c3c(C)nn(Cc4ccc(C)cc4)c3Cl)nc2s1. The Bertz CT molecular complexity index is 1400. The number of hydrogen-bond acceptors (Lipinski definition) is 7. The average molecular weight is 484 g/mol. The molecule has 0 radical (unpaired) electrons. The summed E-state index contributed by atoms with van der Waals surface area (Å²) < 4.78 is 8.21. The Balaban J connectivity index is 1.42. The summed E-state index contributed by atoms with van der Waals surface area (Å²) in [6.07, 6.45) is 3.59. The number of hydrogen-bond donors (Lipinski definition) is 0. The second-order valence-electron chi connectivity index (χ2n) is 7.50. The van der Waals surface area contributed by atoms with E-state index in [1.165, 1.54) is 33.6 Å². The molecule has 4 rings (SSSR count). The third kappa shape index (κ3) is 5.20. The van der Waals surface area contributed by atoms with E-state index in [0.29, 0.717) is 40.0 Å². The zero-order chi connectivity index (χ0) is 23.5. The van der Waals surface area contributed by atoms with Crippen LogP contribution >= 0.6 is 22.9 Å². The summed E-state index contributed by atoms with van der Waals surface area (Å²) >= 11 is 7.84. The number of esters is 1. The molecule has 4 aromatic rings. The molecule has 0 bridgehead atoms. The molecule has 3 aromatic heterocycles. The minimum absolute atomic E-state index is 0.117. The van der Waals surface area contributed by atoms with Gasteiger partial charge in [-0.1, -0.05) is 59.7 Å². The first kappa shape index (κ1) is 22.9. The molecule has 0 N–H and O–H groups in total. The number of aryl methyl sites for hydroxylation is 3. The molecule has 0 aliphatic carbocycles. The van der Waals surface area contributed by atoms with E-state index in [-0.39, 0.29) is 12.2 Å². The molecule has 0 aliphatic heterocycles. The van der Waals surface area contributed by atoms with Gasteiger partial charge in [-0.15, -0.1) is 0 Å². The van der Waals surface area contributed by atoms with E-state index < -0.39 is 5.97 Å². The summed E-state index contributed by atoms with van der Waals surface area (Å²) in [5, 5.41) is 9.93. The van der Waals surface area contributed by atoms with Crippen LogP contribution in [0.2, 0.25) is 5.15 Å². The summed E-state index contributed by atoms with van der Waals surface area (Å²) in [4.78, 5) is 29.3. The lowest BCUT2D eigenvalue weighted by Crippen LogP contribution is -2.16. The summed E-state index contributed by atoms with van der Waals surface area (Å²) in [7, 11) is 0. The van der Waals surface area contributed by atoms with Gasteiger partial charge in [-0.05, 0) is 31.9 Å². The number of nitrogens with zero attached hydrogens (tertiary/aromatic N) is 5. The van der Waals surface area contributed by atoms with Crippen molar-refractivity contribution in [3.05, 3.63) is 85.0 Å². The number of carbonyl (C=O) groups excluding carboxylic acids is 1. The lowest BCUT2D eigenvalue weighted by molar-refractivity contribution is -0.139. The van der Waals surface area contributed by atoms with Crippen LogP contribution in [0.1, 0.15) is 40.0 Å². The number of rotatable bonds is 7. The quantitative estimate of drug-likeness (QED) is 0.291. The van der Waals surface area contributed by atoms with Gasteiger partial charge in [0.05, 0.1) is 17.9 Å². The lowest BCUT2D eigenvalue weighted by atomic mass is 10.1. The third-order valence-electron chi connectivity index (χ3n) is 4.95. The van der Waals surface area contributed by atoms with Gasteiger partial charge in [-0.25, -0.2) is 14.5 Å². The summed E-state index contributed by atoms with van der Waals surface area (Å²) in [6.45, 7) is 6.23. The lowest BCUT2D eigenvalue weighted by Gasteiger charge is -2.04. The maximum atomic E-state index is 12.2. The Hall–Kier alpha value is -3.30. The highest BCUT2D eigenvalue weighted by Crippen LogP contribution is 2.22. The van der Waals surface area contributed by atoms with Crippen molar-refractivity contribution in [3.63, 3.8) is 0 Å². The average Bonchev–Trinajstić information content (AvgIpc) is 3.33. The molecule has 8 nitrogen and oxygen atoms in total. The summed E-state index contributed by atoms with van der Waals surface area (Å²) in [6, 6.07) is 9.45. The number of ether oxygens (including phenoxy) is 1. The van der Waals surface area contributed by atoms with Crippen LogP contribution in [-0.4, -0.2) is 30.3 Å². The van der Waals surface area contributed by atoms with Gasteiger partial charge >= 0.3 is 5.97 Å². The number of fused-ring (bicyclic) bond motifs is 1. The van der Waals surface area contributed by atoms with E-state index in [0.717, 1.165) is 10.6 Å². The van der Waals surface area contributed by atoms with Gasteiger partial charge in [0.25, 0.3) is 5.56 Å². The molecule has 0 fully saturated rings. The molecule has 33 heavy (non-hydrogen) atoms. The van der Waals surface area contributed by atoms with Crippen molar-refractivity contribution >= 4 is 39.9 Å². The zero-order valence-electron chi connectivity index (χ0n) is 18.4. The normalized spacial score (nSPS) is 11.5. The molecular weight excluding hydrogens is 462 g/mol. The van der Waals surface area contributed by atoms with Crippen LogP contribution in [0, 0.1) is 13.8 Å². The van der Waals surface area contributed by atoms with Crippen LogP contribution < -0.4 is 5.56 Å². The highest BCUT2D eigenvalue weighted by molar-refractivity contribution is 7.16. The molecule has 0 amide bonds. The van der Waals surface area contributed by atoms with Gasteiger partial charge in [0.2, 0.25) is 4.96 Å². The summed E-state index contributed by atoms with van der Waals surface area (Å²) in [5.41, 5.74) is 3.67. The first-order valence-electron chi connectivity index (χ1n) is 10.4. The Kier molecular flexibility index (Phi) is 6.71. The monoisotopic (exact) mass is 483 g/mol. The highest BCUT2D eigenvalue weighted by Gasteiger charge is 2.13. The van der Waals surface area contributed by atoms with Crippen LogP contribution in [0.15, 0.2) is 41.2 Å². The molecule has 0 spiro atoms. The van der Waals surface area contributed by atoms with E-state index in [1.807, 2.05) is 45.0 Å². The largest absolute Gasteiger partial charge is 0.456 e. The second-order valence-corrected chi connectivity index (χ2v) is 8.90. The van der Waals surface area contributed by atoms with Crippen LogP contribution in [0.3, 0.4) is 0 Å². The minimum atomic E-state index is -0.572. The molecule has 0 unspecified atom stereocenters. The molecule has 10 heteroatoms. The van der Waals surface area contributed by atoms with Crippen molar-refractivity contribution in [1.29, 1.82) is 0 Å². The zero-order valence-corrected chi connectivity index (χ0v) is 20.0. The first-order valence-corrected chi connectivity index (χ1v) is 11.6. The van der Waals surface area contributed by atoms with Crippen molar-refractivity contribution in [2.24, 2.45) is 0 Å². The molecule has 1 aromatic carbocycles. The van der Waals surface area contributed by atoms with Gasteiger partial charge in [-0.3, -0.25) is 4.79 Å². The van der Waals surface area contributed by atoms with Crippen molar-refractivity contribution in [2.45, 2.75) is 40.3 Å². The van der Waals surface area contributed by atoms with Crippen LogP contribution in [0.5, 0.6) is 0 Å². The van der Waals surface area contributed by atoms with Crippen molar-refractivity contribution in [3.8, 4) is 0 Å². The van der Waals surface area contributed by atoms with E-state index in [4.69, 9.17) is 16.3 Å². The first-order chi connectivity index (χ1) is 15.8. The maximum absolute atomic E-state index is 12.2. The maximum Gasteiger partial charge on any atom is 0.331 e. The van der Waals surface area contributed by atoms with Gasteiger partial charge in [0.15, 0.2) is 0 Å². The Morgan fingerprint density at radius 2 is 1.97 bits per heavy atom.